The number of rotatable bonds is 3. The van der Waals surface area contributed by atoms with Gasteiger partial charge < -0.3 is 9.32 Å². The Labute approximate surface area is 142 Å². The van der Waals surface area contributed by atoms with E-state index in [9.17, 15) is 4.79 Å². The highest BCUT2D eigenvalue weighted by Crippen LogP contribution is 2.35. The third-order valence-electron chi connectivity index (χ3n) is 5.28. The monoisotopic (exact) mass is 325 g/mol. The Kier molecular flexibility index (Phi) is 4.12. The van der Waals surface area contributed by atoms with Gasteiger partial charge in [-0.3, -0.25) is 4.79 Å². The maximum absolute atomic E-state index is 13.1. The van der Waals surface area contributed by atoms with Crippen LogP contribution in [0.5, 0.6) is 0 Å². The Balaban J connectivity index is 1.51. The van der Waals surface area contributed by atoms with Gasteiger partial charge in [0.1, 0.15) is 11.8 Å². The molecular formula is C19H23N3O2. The molecular weight excluding hydrogens is 302 g/mol. The highest BCUT2D eigenvalue weighted by molar-refractivity contribution is 5.83. The van der Waals surface area contributed by atoms with Gasteiger partial charge in [0.2, 0.25) is 5.91 Å². The van der Waals surface area contributed by atoms with E-state index in [-0.39, 0.29) is 30.0 Å². The fourth-order valence-corrected chi connectivity index (χ4v) is 3.95. The molecule has 2 aliphatic heterocycles. The summed E-state index contributed by atoms with van der Waals surface area (Å²) in [6.07, 6.45) is 3.67. The van der Waals surface area contributed by atoms with Gasteiger partial charge in [-0.15, -0.1) is 0 Å². The van der Waals surface area contributed by atoms with E-state index < -0.39 is 0 Å². The number of hydrazine groups is 1. The van der Waals surface area contributed by atoms with E-state index in [2.05, 4.69) is 29.9 Å². The van der Waals surface area contributed by atoms with Gasteiger partial charge in [-0.25, -0.2) is 10.9 Å². The summed E-state index contributed by atoms with van der Waals surface area (Å²) in [5.74, 6) is 1.23. The van der Waals surface area contributed by atoms with E-state index in [0.29, 0.717) is 0 Å². The summed E-state index contributed by atoms with van der Waals surface area (Å²) in [6.45, 7) is 2.93. The minimum Gasteiger partial charge on any atom is -0.467 e. The molecule has 0 spiro atoms. The SMILES string of the molecule is CC1C(C(=O)N2CCCC2c2ccco2)NNC1c1ccccc1. The van der Waals surface area contributed by atoms with Crippen LogP contribution in [-0.4, -0.2) is 23.4 Å². The van der Waals surface area contributed by atoms with Crippen LogP contribution in [0.25, 0.3) is 0 Å². The maximum atomic E-state index is 13.1. The van der Waals surface area contributed by atoms with Gasteiger partial charge in [-0.2, -0.15) is 0 Å². The molecule has 2 saturated heterocycles. The molecule has 0 radical (unpaired) electrons. The van der Waals surface area contributed by atoms with Crippen molar-refractivity contribution in [2.45, 2.75) is 37.9 Å². The normalized spacial score (nSPS) is 30.0. The highest BCUT2D eigenvalue weighted by Gasteiger charge is 2.42. The van der Waals surface area contributed by atoms with Gasteiger partial charge in [-0.05, 0) is 30.5 Å². The van der Waals surface area contributed by atoms with E-state index in [1.165, 1.54) is 5.56 Å². The summed E-state index contributed by atoms with van der Waals surface area (Å²) in [6, 6.07) is 14.1. The summed E-state index contributed by atoms with van der Waals surface area (Å²) in [4.78, 5) is 15.1. The molecule has 5 nitrogen and oxygen atoms in total. The van der Waals surface area contributed by atoms with Crippen LogP contribution in [0.2, 0.25) is 0 Å². The molecule has 4 unspecified atom stereocenters. The Hall–Kier alpha value is -2.11. The molecule has 0 bridgehead atoms. The zero-order chi connectivity index (χ0) is 16.5. The first kappa shape index (κ1) is 15.4. The molecule has 4 rings (SSSR count). The topological polar surface area (TPSA) is 57.5 Å². The number of nitrogens with zero attached hydrogens (tertiary/aromatic N) is 1. The Morgan fingerprint density at radius 1 is 1.17 bits per heavy atom. The number of benzene rings is 1. The van der Waals surface area contributed by atoms with Gasteiger partial charge in [0.15, 0.2) is 0 Å². The third-order valence-corrected chi connectivity index (χ3v) is 5.28. The standard InChI is InChI=1S/C19H23N3O2/c1-13-17(14-7-3-2-4-8-14)20-21-18(13)19(23)22-11-5-9-15(22)16-10-6-12-24-16/h2-4,6-8,10,12-13,15,17-18,20-21H,5,9,11H2,1H3. The zero-order valence-electron chi connectivity index (χ0n) is 13.8. The second kappa shape index (κ2) is 6.42. The Bertz CT molecular complexity index is 686. The van der Waals surface area contributed by atoms with E-state index in [4.69, 9.17) is 4.42 Å². The first-order valence-corrected chi connectivity index (χ1v) is 8.65. The zero-order valence-corrected chi connectivity index (χ0v) is 13.8. The Morgan fingerprint density at radius 3 is 2.75 bits per heavy atom. The minimum atomic E-state index is -0.217. The molecule has 2 aliphatic rings. The molecule has 5 heteroatoms. The lowest BCUT2D eigenvalue weighted by Gasteiger charge is -2.28. The summed E-state index contributed by atoms with van der Waals surface area (Å²) < 4.78 is 5.55. The van der Waals surface area contributed by atoms with Crippen LogP contribution in [0.4, 0.5) is 0 Å². The second-order valence-electron chi connectivity index (χ2n) is 6.72. The van der Waals surface area contributed by atoms with Gasteiger partial charge in [0.05, 0.1) is 18.3 Å². The van der Waals surface area contributed by atoms with Gasteiger partial charge in [0.25, 0.3) is 0 Å². The van der Waals surface area contributed by atoms with Crippen LogP contribution in [0.1, 0.15) is 43.2 Å². The van der Waals surface area contributed by atoms with Crippen molar-refractivity contribution in [2.24, 2.45) is 5.92 Å². The number of carbonyl (C=O) groups excluding carboxylic acids is 1. The lowest BCUT2D eigenvalue weighted by atomic mass is 9.90. The number of amides is 1. The third kappa shape index (κ3) is 2.64. The average Bonchev–Trinajstić information content (AvgIpc) is 3.35. The second-order valence-corrected chi connectivity index (χ2v) is 6.72. The number of furan rings is 1. The molecule has 0 aliphatic carbocycles. The van der Waals surface area contributed by atoms with Crippen LogP contribution in [-0.2, 0) is 4.79 Å². The van der Waals surface area contributed by atoms with Crippen molar-refractivity contribution in [2.75, 3.05) is 6.54 Å². The van der Waals surface area contributed by atoms with Crippen molar-refractivity contribution in [3.05, 3.63) is 60.1 Å². The van der Waals surface area contributed by atoms with Crippen LogP contribution >= 0.6 is 0 Å². The molecule has 126 valence electrons. The molecule has 24 heavy (non-hydrogen) atoms. The summed E-state index contributed by atoms with van der Waals surface area (Å²) in [5, 5.41) is 0. The molecule has 2 fully saturated rings. The summed E-state index contributed by atoms with van der Waals surface area (Å²) in [5.41, 5.74) is 7.74. The highest BCUT2D eigenvalue weighted by atomic mass is 16.3. The Morgan fingerprint density at radius 2 is 2.00 bits per heavy atom. The lowest BCUT2D eigenvalue weighted by molar-refractivity contribution is -0.135. The molecule has 4 atom stereocenters. The van der Waals surface area contributed by atoms with Crippen molar-refractivity contribution < 1.29 is 9.21 Å². The van der Waals surface area contributed by atoms with E-state index in [0.717, 1.165) is 25.1 Å². The van der Waals surface area contributed by atoms with E-state index in [1.807, 2.05) is 35.2 Å². The molecule has 2 N–H and O–H groups in total. The van der Waals surface area contributed by atoms with E-state index in [1.54, 1.807) is 6.26 Å². The smallest absolute Gasteiger partial charge is 0.242 e. The lowest BCUT2D eigenvalue weighted by Crippen LogP contribution is -2.47. The fourth-order valence-electron chi connectivity index (χ4n) is 3.95. The molecule has 1 aromatic heterocycles. The number of likely N-dealkylation sites (tertiary alicyclic amines) is 1. The minimum absolute atomic E-state index is 0.0669. The maximum Gasteiger partial charge on any atom is 0.242 e. The molecule has 2 aromatic rings. The van der Waals surface area contributed by atoms with Crippen molar-refractivity contribution in [3.63, 3.8) is 0 Å². The van der Waals surface area contributed by atoms with Crippen LogP contribution < -0.4 is 10.9 Å². The van der Waals surface area contributed by atoms with Crippen molar-refractivity contribution in [1.29, 1.82) is 0 Å². The van der Waals surface area contributed by atoms with Crippen LogP contribution in [0.3, 0.4) is 0 Å². The first-order chi connectivity index (χ1) is 11.8. The first-order valence-electron chi connectivity index (χ1n) is 8.65. The molecule has 1 amide bonds. The number of hydrogen-bond donors (Lipinski definition) is 2. The van der Waals surface area contributed by atoms with Crippen molar-refractivity contribution >= 4 is 5.91 Å². The molecule has 3 heterocycles. The fraction of sp³-hybridized carbons (Fsp3) is 0.421. The predicted octanol–water partition coefficient (Wildman–Crippen LogP) is 2.80. The van der Waals surface area contributed by atoms with Gasteiger partial charge >= 0.3 is 0 Å². The average molecular weight is 325 g/mol. The van der Waals surface area contributed by atoms with Crippen molar-refractivity contribution in [1.82, 2.24) is 15.8 Å². The van der Waals surface area contributed by atoms with Gasteiger partial charge in [-0.1, -0.05) is 37.3 Å². The quantitative estimate of drug-likeness (QED) is 0.911. The molecule has 1 aromatic carbocycles. The number of hydrogen-bond acceptors (Lipinski definition) is 4. The predicted molar refractivity (Wildman–Crippen MR) is 90.8 cm³/mol. The number of carbonyl (C=O) groups is 1. The largest absolute Gasteiger partial charge is 0.467 e. The van der Waals surface area contributed by atoms with Gasteiger partial charge in [0, 0.05) is 12.5 Å². The molecule has 0 saturated carbocycles. The van der Waals surface area contributed by atoms with Crippen molar-refractivity contribution in [3.8, 4) is 0 Å². The summed E-state index contributed by atoms with van der Waals surface area (Å²) >= 11 is 0. The number of nitrogens with one attached hydrogen (secondary N) is 2. The summed E-state index contributed by atoms with van der Waals surface area (Å²) in [7, 11) is 0. The van der Waals surface area contributed by atoms with Crippen LogP contribution in [0, 0.1) is 5.92 Å². The van der Waals surface area contributed by atoms with E-state index >= 15 is 0 Å². The van der Waals surface area contributed by atoms with Crippen LogP contribution in [0.15, 0.2) is 53.1 Å².